The van der Waals surface area contributed by atoms with Crippen molar-refractivity contribution in [1.82, 2.24) is 19.9 Å². The standard InChI is InChI=1S/C17H16ClN5O4/c1-9-5-11(18)3-4-12(9)26-6-13(24)27-10(2)17(25)23-16-14-15(20-7-19-14)21-8-22-16/h3-5,7-8,10H,6H2,1-2H3,(H2,19,20,21,22,23,25). The van der Waals surface area contributed by atoms with E-state index in [0.717, 1.165) is 5.56 Å². The summed E-state index contributed by atoms with van der Waals surface area (Å²) >= 11 is 5.87. The summed E-state index contributed by atoms with van der Waals surface area (Å²) < 4.78 is 10.5. The Morgan fingerprint density at radius 3 is 2.89 bits per heavy atom. The maximum Gasteiger partial charge on any atom is 0.344 e. The Kier molecular flexibility index (Phi) is 5.51. The second-order valence-electron chi connectivity index (χ2n) is 5.64. The molecule has 0 aliphatic heterocycles. The first-order valence-corrected chi connectivity index (χ1v) is 8.35. The van der Waals surface area contributed by atoms with Gasteiger partial charge in [-0.05, 0) is 37.6 Å². The lowest BCUT2D eigenvalue weighted by atomic mass is 10.2. The Morgan fingerprint density at radius 1 is 1.30 bits per heavy atom. The molecule has 0 aliphatic carbocycles. The van der Waals surface area contributed by atoms with Crippen LogP contribution < -0.4 is 10.1 Å². The van der Waals surface area contributed by atoms with E-state index in [-0.39, 0.29) is 12.4 Å². The number of amides is 1. The first-order valence-electron chi connectivity index (χ1n) is 7.97. The minimum absolute atomic E-state index is 0.249. The monoisotopic (exact) mass is 389 g/mol. The van der Waals surface area contributed by atoms with Gasteiger partial charge >= 0.3 is 5.97 Å². The Morgan fingerprint density at radius 2 is 2.11 bits per heavy atom. The number of nitrogens with one attached hydrogen (secondary N) is 2. The number of aromatic amines is 1. The molecular formula is C17H16ClN5O4. The van der Waals surface area contributed by atoms with Gasteiger partial charge in [-0.25, -0.2) is 19.7 Å². The molecule has 2 heterocycles. The molecule has 1 amide bonds. The molecule has 2 N–H and O–H groups in total. The van der Waals surface area contributed by atoms with E-state index in [1.807, 2.05) is 0 Å². The molecule has 9 nitrogen and oxygen atoms in total. The van der Waals surface area contributed by atoms with Gasteiger partial charge in [-0.2, -0.15) is 0 Å². The summed E-state index contributed by atoms with van der Waals surface area (Å²) in [5.74, 6) is -0.462. The number of ether oxygens (including phenoxy) is 2. The van der Waals surface area contributed by atoms with Gasteiger partial charge in [-0.15, -0.1) is 0 Å². The number of fused-ring (bicyclic) bond motifs is 1. The lowest BCUT2D eigenvalue weighted by Crippen LogP contribution is -2.32. The number of hydrogen-bond acceptors (Lipinski definition) is 7. The van der Waals surface area contributed by atoms with Crippen LogP contribution in [0.1, 0.15) is 12.5 Å². The molecular weight excluding hydrogens is 374 g/mol. The zero-order chi connectivity index (χ0) is 19.4. The van der Waals surface area contributed by atoms with Gasteiger partial charge in [0.1, 0.15) is 17.6 Å². The fourth-order valence-electron chi connectivity index (χ4n) is 2.27. The van der Waals surface area contributed by atoms with Gasteiger partial charge in [-0.3, -0.25) is 4.79 Å². The number of nitrogens with zero attached hydrogens (tertiary/aromatic N) is 3. The number of benzene rings is 1. The van der Waals surface area contributed by atoms with Crippen LogP contribution in [0.2, 0.25) is 5.02 Å². The molecule has 1 unspecified atom stereocenters. The number of esters is 1. The van der Waals surface area contributed by atoms with Crippen molar-refractivity contribution < 1.29 is 19.1 Å². The van der Waals surface area contributed by atoms with Crippen LogP contribution in [0.3, 0.4) is 0 Å². The highest BCUT2D eigenvalue weighted by atomic mass is 35.5. The van der Waals surface area contributed by atoms with Gasteiger partial charge in [0.2, 0.25) is 0 Å². The Labute approximate surface area is 159 Å². The van der Waals surface area contributed by atoms with Crippen molar-refractivity contribution >= 4 is 40.5 Å². The molecule has 2 aromatic heterocycles. The van der Waals surface area contributed by atoms with Crippen LogP contribution in [0.5, 0.6) is 5.75 Å². The van der Waals surface area contributed by atoms with Gasteiger partial charge in [0.25, 0.3) is 5.91 Å². The van der Waals surface area contributed by atoms with Crippen LogP contribution in [0, 0.1) is 6.92 Å². The van der Waals surface area contributed by atoms with E-state index in [0.29, 0.717) is 21.9 Å². The molecule has 0 spiro atoms. The number of carbonyl (C=O) groups excluding carboxylic acids is 2. The third-order valence-corrected chi connectivity index (χ3v) is 3.86. The number of H-pyrrole nitrogens is 1. The molecule has 27 heavy (non-hydrogen) atoms. The average Bonchev–Trinajstić information content (AvgIpc) is 3.10. The summed E-state index contributed by atoms with van der Waals surface area (Å²) in [6, 6.07) is 5.03. The normalized spacial score (nSPS) is 11.8. The number of rotatable bonds is 6. The van der Waals surface area contributed by atoms with Crippen molar-refractivity contribution in [2.45, 2.75) is 20.0 Å². The lowest BCUT2D eigenvalue weighted by Gasteiger charge is -2.14. The smallest absolute Gasteiger partial charge is 0.344 e. The molecule has 0 radical (unpaired) electrons. The predicted molar refractivity (Wildman–Crippen MR) is 97.6 cm³/mol. The fraction of sp³-hybridized carbons (Fsp3) is 0.235. The molecule has 0 fully saturated rings. The van der Waals surface area contributed by atoms with E-state index >= 15 is 0 Å². The van der Waals surface area contributed by atoms with Crippen molar-refractivity contribution in [3.63, 3.8) is 0 Å². The molecule has 140 valence electrons. The molecule has 3 rings (SSSR count). The van der Waals surface area contributed by atoms with Gasteiger partial charge in [-0.1, -0.05) is 11.6 Å². The molecule has 1 aromatic carbocycles. The number of hydrogen-bond donors (Lipinski definition) is 2. The second kappa shape index (κ2) is 8.00. The van der Waals surface area contributed by atoms with Gasteiger partial charge in [0, 0.05) is 5.02 Å². The molecule has 3 aromatic rings. The number of aryl methyl sites for hydroxylation is 1. The summed E-state index contributed by atoms with van der Waals surface area (Å²) in [7, 11) is 0. The number of anilines is 1. The summed E-state index contributed by atoms with van der Waals surface area (Å²) in [6.07, 6.45) is 1.67. The summed E-state index contributed by atoms with van der Waals surface area (Å²) in [5, 5.41) is 3.14. The zero-order valence-electron chi connectivity index (χ0n) is 14.5. The third kappa shape index (κ3) is 4.50. The lowest BCUT2D eigenvalue weighted by molar-refractivity contribution is -0.155. The fourth-order valence-corrected chi connectivity index (χ4v) is 2.50. The van der Waals surface area contributed by atoms with Gasteiger partial charge < -0.3 is 19.8 Å². The largest absolute Gasteiger partial charge is 0.482 e. The number of aromatic nitrogens is 4. The SMILES string of the molecule is Cc1cc(Cl)ccc1OCC(=O)OC(C)C(=O)Nc1ncnc2nc[nH]c12. The molecule has 10 heteroatoms. The minimum atomic E-state index is -1.04. The highest BCUT2D eigenvalue weighted by molar-refractivity contribution is 6.30. The van der Waals surface area contributed by atoms with Crippen LogP contribution in [-0.4, -0.2) is 44.5 Å². The van der Waals surface area contributed by atoms with Crippen molar-refractivity contribution in [2.24, 2.45) is 0 Å². The quantitative estimate of drug-likeness (QED) is 0.620. The maximum atomic E-state index is 12.2. The van der Waals surface area contributed by atoms with Crippen LogP contribution in [0.4, 0.5) is 5.82 Å². The van der Waals surface area contributed by atoms with Gasteiger partial charge in [0.05, 0.1) is 6.33 Å². The van der Waals surface area contributed by atoms with Crippen molar-refractivity contribution in [2.75, 3.05) is 11.9 Å². The summed E-state index contributed by atoms with van der Waals surface area (Å²) in [6.45, 7) is 2.92. The van der Waals surface area contributed by atoms with Crippen molar-refractivity contribution in [3.8, 4) is 5.75 Å². The average molecular weight is 390 g/mol. The van der Waals surface area contributed by atoms with Crippen LogP contribution >= 0.6 is 11.6 Å². The number of carbonyl (C=O) groups is 2. The Bertz CT molecular complexity index is 990. The highest BCUT2D eigenvalue weighted by Crippen LogP contribution is 2.21. The van der Waals surface area contributed by atoms with E-state index < -0.39 is 18.0 Å². The van der Waals surface area contributed by atoms with E-state index in [1.54, 1.807) is 25.1 Å². The molecule has 0 saturated heterocycles. The topological polar surface area (TPSA) is 119 Å². The number of halogens is 1. The van der Waals surface area contributed by atoms with Crippen molar-refractivity contribution in [3.05, 3.63) is 41.4 Å². The summed E-state index contributed by atoms with van der Waals surface area (Å²) in [4.78, 5) is 38.9. The Hall–Kier alpha value is -3.20. The van der Waals surface area contributed by atoms with Crippen molar-refractivity contribution in [1.29, 1.82) is 0 Å². The van der Waals surface area contributed by atoms with E-state index in [1.165, 1.54) is 19.6 Å². The molecule has 1 atom stereocenters. The van der Waals surface area contributed by atoms with Crippen LogP contribution in [0.15, 0.2) is 30.9 Å². The zero-order valence-corrected chi connectivity index (χ0v) is 15.3. The van der Waals surface area contributed by atoms with E-state index in [9.17, 15) is 9.59 Å². The first-order chi connectivity index (χ1) is 12.9. The molecule has 0 aliphatic rings. The molecule has 0 saturated carbocycles. The molecule has 0 bridgehead atoms. The van der Waals surface area contributed by atoms with Gasteiger partial charge in [0.15, 0.2) is 24.2 Å². The third-order valence-electron chi connectivity index (χ3n) is 3.62. The predicted octanol–water partition coefficient (Wildman–Crippen LogP) is 2.26. The van der Waals surface area contributed by atoms with E-state index in [2.05, 4.69) is 25.3 Å². The highest BCUT2D eigenvalue weighted by Gasteiger charge is 2.20. The van der Waals surface area contributed by atoms with Crippen LogP contribution in [0.25, 0.3) is 11.2 Å². The maximum absolute atomic E-state index is 12.2. The first kappa shape index (κ1) is 18.6. The minimum Gasteiger partial charge on any atom is -0.482 e. The Balaban J connectivity index is 1.54. The number of imidazole rings is 1. The van der Waals surface area contributed by atoms with E-state index in [4.69, 9.17) is 21.1 Å². The van der Waals surface area contributed by atoms with Crippen LogP contribution in [-0.2, 0) is 14.3 Å². The second-order valence-corrected chi connectivity index (χ2v) is 6.08. The summed E-state index contributed by atoms with van der Waals surface area (Å²) in [5.41, 5.74) is 1.68.